The van der Waals surface area contributed by atoms with E-state index in [0.29, 0.717) is 6.42 Å². The van der Waals surface area contributed by atoms with Gasteiger partial charge in [-0.2, -0.15) is 0 Å². The maximum atomic E-state index is 12.4. The molecule has 1 unspecified atom stereocenters. The zero-order chi connectivity index (χ0) is 17.2. The Morgan fingerprint density at radius 1 is 1.29 bits per heavy atom. The van der Waals surface area contributed by atoms with Gasteiger partial charge in [-0.1, -0.05) is 30.3 Å². The minimum absolute atomic E-state index is 0.0383. The first kappa shape index (κ1) is 17.2. The molecule has 24 heavy (non-hydrogen) atoms. The number of sulfone groups is 1. The zero-order valence-electron chi connectivity index (χ0n) is 14.0. The van der Waals surface area contributed by atoms with Gasteiger partial charge in [0.2, 0.25) is 0 Å². The van der Waals surface area contributed by atoms with Crippen molar-refractivity contribution in [3.63, 3.8) is 0 Å². The summed E-state index contributed by atoms with van der Waals surface area (Å²) in [6.07, 6.45) is 3.71. The van der Waals surface area contributed by atoms with Crippen LogP contribution in [0.1, 0.15) is 25.3 Å². The average Bonchev–Trinajstić information content (AvgIpc) is 2.93. The van der Waals surface area contributed by atoms with Gasteiger partial charge in [-0.3, -0.25) is 4.79 Å². The second-order valence-corrected chi connectivity index (χ2v) is 9.02. The van der Waals surface area contributed by atoms with E-state index in [2.05, 4.69) is 23.5 Å². The van der Waals surface area contributed by atoms with E-state index in [-0.39, 0.29) is 29.5 Å². The third-order valence-corrected chi connectivity index (χ3v) is 6.82. The predicted molar refractivity (Wildman–Crippen MR) is 94.4 cm³/mol. The van der Waals surface area contributed by atoms with E-state index in [0.717, 1.165) is 19.5 Å². The Labute approximate surface area is 143 Å². The van der Waals surface area contributed by atoms with Crippen molar-refractivity contribution in [2.24, 2.45) is 0 Å². The molecule has 0 aromatic heterocycles. The number of rotatable bonds is 4. The molecule has 2 N–H and O–H groups in total. The first-order valence-corrected chi connectivity index (χ1v) is 10.4. The fourth-order valence-electron chi connectivity index (χ4n) is 3.48. The van der Waals surface area contributed by atoms with Crippen molar-refractivity contribution in [2.75, 3.05) is 24.6 Å². The van der Waals surface area contributed by atoms with Gasteiger partial charge in [0.15, 0.2) is 15.9 Å². The summed E-state index contributed by atoms with van der Waals surface area (Å²) in [6.45, 7) is 3.66. The van der Waals surface area contributed by atoms with E-state index in [4.69, 9.17) is 0 Å². The second-order valence-electron chi connectivity index (χ2n) is 6.79. The van der Waals surface area contributed by atoms with Gasteiger partial charge in [-0.15, -0.1) is 0 Å². The zero-order valence-corrected chi connectivity index (χ0v) is 14.8. The lowest BCUT2D eigenvalue weighted by Crippen LogP contribution is -3.17. The van der Waals surface area contributed by atoms with Gasteiger partial charge in [-0.25, -0.2) is 8.42 Å². The summed E-state index contributed by atoms with van der Waals surface area (Å²) in [4.78, 5) is 13.6. The molecule has 0 bridgehead atoms. The van der Waals surface area contributed by atoms with Crippen LogP contribution in [-0.4, -0.2) is 51.0 Å². The van der Waals surface area contributed by atoms with Crippen LogP contribution in [0.3, 0.4) is 0 Å². The van der Waals surface area contributed by atoms with E-state index in [9.17, 15) is 13.2 Å². The topological polar surface area (TPSA) is 67.7 Å². The molecule has 3 atom stereocenters. The van der Waals surface area contributed by atoms with Gasteiger partial charge < -0.3 is 10.2 Å². The highest BCUT2D eigenvalue weighted by Gasteiger charge is 2.33. The summed E-state index contributed by atoms with van der Waals surface area (Å²) in [5.41, 5.74) is 2.60. The average molecular weight is 349 g/mol. The first-order chi connectivity index (χ1) is 11.4. The molecule has 0 saturated carbocycles. The summed E-state index contributed by atoms with van der Waals surface area (Å²) >= 11 is 0. The molecule has 1 aromatic carbocycles. The summed E-state index contributed by atoms with van der Waals surface area (Å²) in [5.74, 6) is 0.230. The summed E-state index contributed by atoms with van der Waals surface area (Å²) in [7, 11) is -2.96. The molecular weight excluding hydrogens is 324 g/mol. The number of hydrogen-bond acceptors (Lipinski definition) is 3. The molecule has 130 valence electrons. The Morgan fingerprint density at radius 2 is 2.04 bits per heavy atom. The smallest absolute Gasteiger partial charge is 0.278 e. The van der Waals surface area contributed by atoms with Crippen LogP contribution < -0.4 is 10.2 Å². The van der Waals surface area contributed by atoms with Crippen molar-refractivity contribution >= 4 is 21.3 Å². The second kappa shape index (κ2) is 7.07. The molecule has 2 aliphatic rings. The Kier molecular flexibility index (Phi) is 5.06. The van der Waals surface area contributed by atoms with Gasteiger partial charge in [0.25, 0.3) is 5.91 Å². The van der Waals surface area contributed by atoms with Crippen LogP contribution in [0.4, 0.5) is 0 Å². The van der Waals surface area contributed by atoms with Crippen LogP contribution in [0.25, 0.3) is 5.57 Å². The van der Waals surface area contributed by atoms with Crippen LogP contribution in [0.2, 0.25) is 0 Å². The minimum Gasteiger partial charge on any atom is -0.347 e. The summed E-state index contributed by atoms with van der Waals surface area (Å²) in [6, 6.07) is 9.95. The third kappa shape index (κ3) is 4.05. The molecule has 1 fully saturated rings. The van der Waals surface area contributed by atoms with Crippen LogP contribution >= 0.6 is 0 Å². The molecule has 3 rings (SSSR count). The quantitative estimate of drug-likeness (QED) is 0.807. The van der Waals surface area contributed by atoms with E-state index in [1.807, 2.05) is 25.1 Å². The molecular formula is C18H25N2O3S+. The van der Waals surface area contributed by atoms with Crippen molar-refractivity contribution in [2.45, 2.75) is 31.8 Å². The van der Waals surface area contributed by atoms with Crippen LogP contribution in [0.5, 0.6) is 0 Å². The summed E-state index contributed by atoms with van der Waals surface area (Å²) < 4.78 is 23.0. The molecule has 0 radical (unpaired) electrons. The normalized spacial score (nSPS) is 27.3. The molecule has 1 aromatic rings. The summed E-state index contributed by atoms with van der Waals surface area (Å²) in [5, 5.41) is 2.91. The standard InChI is InChI=1S/C18H24N2O3S/c1-14(18(21)19-17-9-12-24(22,23)13-17)20-10-7-16(8-11-20)15-5-3-2-4-6-15/h2-7,14,17H,8-13H2,1H3,(H,19,21)/p+1/t14-,17-/m0/s1. The molecule has 6 heteroatoms. The minimum atomic E-state index is -2.96. The van der Waals surface area contributed by atoms with Crippen molar-refractivity contribution in [3.8, 4) is 0 Å². The Hall–Kier alpha value is -1.66. The highest BCUT2D eigenvalue weighted by atomic mass is 32.2. The predicted octanol–water partition coefficient (Wildman–Crippen LogP) is 0.0504. The van der Waals surface area contributed by atoms with Gasteiger partial charge in [0, 0.05) is 12.5 Å². The van der Waals surface area contributed by atoms with Crippen molar-refractivity contribution in [3.05, 3.63) is 42.0 Å². The number of hydrogen-bond donors (Lipinski definition) is 2. The van der Waals surface area contributed by atoms with Gasteiger partial charge in [0.05, 0.1) is 24.6 Å². The van der Waals surface area contributed by atoms with Crippen LogP contribution in [0.15, 0.2) is 36.4 Å². The number of carbonyl (C=O) groups is 1. The highest BCUT2D eigenvalue weighted by molar-refractivity contribution is 7.91. The maximum Gasteiger partial charge on any atom is 0.278 e. The van der Waals surface area contributed by atoms with Crippen molar-refractivity contribution in [1.82, 2.24) is 5.32 Å². The van der Waals surface area contributed by atoms with E-state index in [1.165, 1.54) is 16.0 Å². The molecule has 5 nitrogen and oxygen atoms in total. The molecule has 2 heterocycles. The fourth-order valence-corrected chi connectivity index (χ4v) is 5.16. The largest absolute Gasteiger partial charge is 0.347 e. The lowest BCUT2D eigenvalue weighted by molar-refractivity contribution is -0.909. The monoisotopic (exact) mass is 349 g/mol. The van der Waals surface area contributed by atoms with Crippen LogP contribution in [-0.2, 0) is 14.6 Å². The number of carbonyl (C=O) groups excluding carboxylic acids is 1. The van der Waals surface area contributed by atoms with Crippen molar-refractivity contribution < 1.29 is 18.1 Å². The van der Waals surface area contributed by atoms with Gasteiger partial charge >= 0.3 is 0 Å². The van der Waals surface area contributed by atoms with Gasteiger partial charge in [-0.05, 0) is 30.6 Å². The molecule has 1 saturated heterocycles. The Morgan fingerprint density at radius 3 is 2.62 bits per heavy atom. The number of quaternary nitrogens is 1. The van der Waals surface area contributed by atoms with Gasteiger partial charge in [0.1, 0.15) is 0 Å². The SMILES string of the molecule is C[C@@H](C(=O)N[C@H]1CCS(=O)(=O)C1)[NH+]1CC=C(c2ccccc2)CC1. The lowest BCUT2D eigenvalue weighted by atomic mass is 9.99. The maximum absolute atomic E-state index is 12.4. The molecule has 1 amide bonds. The first-order valence-electron chi connectivity index (χ1n) is 8.54. The van der Waals surface area contributed by atoms with E-state index >= 15 is 0 Å². The number of amides is 1. The molecule has 0 aliphatic carbocycles. The molecule has 2 aliphatic heterocycles. The lowest BCUT2D eigenvalue weighted by Gasteiger charge is -2.29. The van der Waals surface area contributed by atoms with E-state index in [1.54, 1.807) is 0 Å². The fraction of sp³-hybridized carbons (Fsp3) is 0.500. The number of nitrogens with one attached hydrogen (secondary N) is 2. The Balaban J connectivity index is 1.56. The van der Waals surface area contributed by atoms with E-state index < -0.39 is 9.84 Å². The highest BCUT2D eigenvalue weighted by Crippen LogP contribution is 2.18. The molecule has 0 spiro atoms. The number of benzene rings is 1. The van der Waals surface area contributed by atoms with Crippen molar-refractivity contribution in [1.29, 1.82) is 0 Å². The van der Waals surface area contributed by atoms with Crippen LogP contribution in [0, 0.1) is 0 Å². The Bertz CT molecular complexity index is 728. The third-order valence-electron chi connectivity index (χ3n) is 5.06.